The van der Waals surface area contributed by atoms with E-state index in [0.29, 0.717) is 25.9 Å². The Kier molecular flexibility index (Phi) is 8.91. The number of aliphatic hydroxyl groups excluding tert-OH is 1. The standard InChI is InChI=1S/C30H42O6Si/c1-29(2,3)37(25-11-7-5-8-12-25,26-13-9-6-10-14-26)34-20-19-23-15-17-27-30(22-31,36-23)21-24(35-27)16-18-28(32)33-4/h5-14,23-24,27,31H,15-22H2,1-4H3. The summed E-state index contributed by atoms with van der Waals surface area (Å²) in [7, 11) is -1.20. The van der Waals surface area contributed by atoms with E-state index in [4.69, 9.17) is 18.6 Å². The average molecular weight is 527 g/mol. The maximum Gasteiger partial charge on any atom is 0.305 e. The maximum absolute atomic E-state index is 11.6. The van der Waals surface area contributed by atoms with Crippen LogP contribution in [-0.2, 0) is 23.4 Å². The van der Waals surface area contributed by atoms with Gasteiger partial charge in [-0.2, -0.15) is 0 Å². The molecule has 0 aliphatic carbocycles. The van der Waals surface area contributed by atoms with E-state index in [1.807, 2.05) is 0 Å². The number of aliphatic hydroxyl groups is 1. The van der Waals surface area contributed by atoms with E-state index in [-0.39, 0.29) is 35.9 Å². The molecule has 0 aromatic heterocycles. The van der Waals surface area contributed by atoms with Crippen LogP contribution in [0.3, 0.4) is 0 Å². The van der Waals surface area contributed by atoms with Crippen molar-refractivity contribution in [2.24, 2.45) is 0 Å². The summed E-state index contributed by atoms with van der Waals surface area (Å²) in [5, 5.41) is 12.8. The van der Waals surface area contributed by atoms with Crippen molar-refractivity contribution in [1.29, 1.82) is 0 Å². The Hall–Kier alpha value is -2.03. The van der Waals surface area contributed by atoms with Crippen LogP contribution < -0.4 is 10.4 Å². The lowest BCUT2D eigenvalue weighted by molar-refractivity contribution is -0.185. The van der Waals surface area contributed by atoms with E-state index in [2.05, 4.69) is 81.4 Å². The molecule has 0 saturated carbocycles. The fraction of sp³-hybridized carbons (Fsp3) is 0.567. The zero-order chi connectivity index (χ0) is 26.5. The van der Waals surface area contributed by atoms with Gasteiger partial charge in [-0.15, -0.1) is 0 Å². The van der Waals surface area contributed by atoms with Gasteiger partial charge in [-0.25, -0.2) is 0 Å². The molecule has 7 heteroatoms. The zero-order valence-corrected chi connectivity index (χ0v) is 23.7. The number of hydrogen-bond donors (Lipinski definition) is 1. The number of carbonyl (C=O) groups is 1. The SMILES string of the molecule is COC(=O)CCC1CC2(CO)OC(CCO[Si](c3ccccc3)(c3ccccc3)C(C)(C)C)CCC2O1. The molecule has 2 heterocycles. The third-order valence-electron chi connectivity index (χ3n) is 8.01. The van der Waals surface area contributed by atoms with Gasteiger partial charge >= 0.3 is 5.97 Å². The minimum Gasteiger partial charge on any atom is -0.469 e. The molecular weight excluding hydrogens is 484 g/mol. The van der Waals surface area contributed by atoms with Gasteiger partial charge in [0, 0.05) is 19.4 Å². The lowest BCUT2D eigenvalue weighted by Crippen LogP contribution is -2.66. The summed E-state index contributed by atoms with van der Waals surface area (Å²) in [6.07, 6.45) is 3.67. The Morgan fingerprint density at radius 2 is 1.62 bits per heavy atom. The van der Waals surface area contributed by atoms with Gasteiger partial charge < -0.3 is 23.7 Å². The largest absolute Gasteiger partial charge is 0.469 e. The molecule has 202 valence electrons. The van der Waals surface area contributed by atoms with Crippen LogP contribution in [0.5, 0.6) is 0 Å². The van der Waals surface area contributed by atoms with Crippen molar-refractivity contribution in [2.45, 2.75) is 88.2 Å². The molecule has 2 saturated heterocycles. The second-order valence-electron chi connectivity index (χ2n) is 11.4. The van der Waals surface area contributed by atoms with Crippen molar-refractivity contribution in [3.05, 3.63) is 60.7 Å². The first-order chi connectivity index (χ1) is 17.7. The van der Waals surface area contributed by atoms with Gasteiger partial charge in [0.1, 0.15) is 5.60 Å². The van der Waals surface area contributed by atoms with Gasteiger partial charge in [0.25, 0.3) is 8.32 Å². The molecule has 6 nitrogen and oxygen atoms in total. The summed E-state index contributed by atoms with van der Waals surface area (Å²) in [4.78, 5) is 11.6. The molecule has 2 aliphatic rings. The van der Waals surface area contributed by atoms with Crippen molar-refractivity contribution in [1.82, 2.24) is 0 Å². The molecule has 0 spiro atoms. The molecule has 2 aliphatic heterocycles. The highest BCUT2D eigenvalue weighted by Crippen LogP contribution is 2.43. The third kappa shape index (κ3) is 5.86. The summed E-state index contributed by atoms with van der Waals surface area (Å²) in [5.41, 5.74) is -0.707. The Morgan fingerprint density at radius 1 is 1.00 bits per heavy atom. The molecule has 37 heavy (non-hydrogen) atoms. The van der Waals surface area contributed by atoms with Crippen LogP contribution in [-0.4, -0.2) is 63.6 Å². The number of ether oxygens (including phenoxy) is 3. The monoisotopic (exact) mass is 526 g/mol. The third-order valence-corrected chi connectivity index (χ3v) is 13.1. The van der Waals surface area contributed by atoms with E-state index in [9.17, 15) is 9.90 Å². The predicted octanol–water partition coefficient (Wildman–Crippen LogP) is 3.97. The van der Waals surface area contributed by atoms with E-state index in [1.165, 1.54) is 17.5 Å². The first-order valence-corrected chi connectivity index (χ1v) is 15.4. The minimum atomic E-state index is -2.60. The molecule has 1 N–H and O–H groups in total. The maximum atomic E-state index is 11.6. The number of benzene rings is 2. The van der Waals surface area contributed by atoms with Crippen LogP contribution in [0.15, 0.2) is 60.7 Å². The van der Waals surface area contributed by atoms with Crippen molar-refractivity contribution >= 4 is 24.7 Å². The van der Waals surface area contributed by atoms with Crippen LogP contribution in [0.2, 0.25) is 5.04 Å². The second kappa shape index (κ2) is 11.8. The summed E-state index contributed by atoms with van der Waals surface area (Å²) in [5.74, 6) is -0.240. The van der Waals surface area contributed by atoms with Gasteiger partial charge in [-0.1, -0.05) is 81.4 Å². The number of carbonyl (C=O) groups excluding carboxylic acids is 1. The average Bonchev–Trinajstić information content (AvgIpc) is 3.28. The van der Waals surface area contributed by atoms with E-state index >= 15 is 0 Å². The van der Waals surface area contributed by atoms with E-state index in [0.717, 1.165) is 19.3 Å². The fourth-order valence-corrected chi connectivity index (χ4v) is 10.7. The molecule has 2 fully saturated rings. The molecule has 0 bridgehead atoms. The van der Waals surface area contributed by atoms with E-state index < -0.39 is 13.9 Å². The minimum absolute atomic E-state index is 0.00966. The van der Waals surface area contributed by atoms with Gasteiger partial charge in [-0.05, 0) is 41.1 Å². The molecule has 0 amide bonds. The Balaban J connectivity index is 1.47. The topological polar surface area (TPSA) is 74.2 Å². The Morgan fingerprint density at radius 3 is 2.16 bits per heavy atom. The van der Waals surface area contributed by atoms with Gasteiger partial charge in [0.2, 0.25) is 0 Å². The van der Waals surface area contributed by atoms with E-state index in [1.54, 1.807) is 0 Å². The highest BCUT2D eigenvalue weighted by atomic mass is 28.4. The molecule has 2 aromatic rings. The first-order valence-electron chi connectivity index (χ1n) is 13.5. The van der Waals surface area contributed by atoms with Gasteiger partial charge in [0.15, 0.2) is 0 Å². The van der Waals surface area contributed by atoms with Gasteiger partial charge in [-0.3, -0.25) is 4.79 Å². The number of methoxy groups -OCH3 is 1. The normalized spacial score (nSPS) is 26.0. The smallest absolute Gasteiger partial charge is 0.305 e. The second-order valence-corrected chi connectivity index (χ2v) is 15.7. The van der Waals surface area contributed by atoms with Gasteiger partial charge in [0.05, 0.1) is 32.0 Å². The first kappa shape index (κ1) is 28.0. The summed E-state index contributed by atoms with van der Waals surface area (Å²) >= 11 is 0. The summed E-state index contributed by atoms with van der Waals surface area (Å²) in [6, 6.07) is 21.3. The molecule has 4 rings (SSSR count). The lowest BCUT2D eigenvalue weighted by atomic mass is 9.86. The van der Waals surface area contributed by atoms with Crippen molar-refractivity contribution < 1.29 is 28.5 Å². The molecule has 2 aromatic carbocycles. The van der Waals surface area contributed by atoms with Crippen LogP contribution in [0.25, 0.3) is 0 Å². The molecule has 4 unspecified atom stereocenters. The fourth-order valence-electron chi connectivity index (χ4n) is 6.17. The van der Waals surface area contributed by atoms with Crippen molar-refractivity contribution in [3.63, 3.8) is 0 Å². The number of hydrogen-bond acceptors (Lipinski definition) is 6. The highest BCUT2D eigenvalue weighted by molar-refractivity contribution is 6.99. The Labute approximate surface area is 222 Å². The summed E-state index contributed by atoms with van der Waals surface area (Å²) < 4.78 is 24.6. The quantitative estimate of drug-likeness (QED) is 0.373. The molecule has 4 atom stereocenters. The van der Waals surface area contributed by atoms with Crippen LogP contribution in [0, 0.1) is 0 Å². The lowest BCUT2D eigenvalue weighted by Gasteiger charge is -2.44. The van der Waals surface area contributed by atoms with Crippen molar-refractivity contribution in [2.75, 3.05) is 20.3 Å². The van der Waals surface area contributed by atoms with Crippen molar-refractivity contribution in [3.8, 4) is 0 Å². The van der Waals surface area contributed by atoms with Crippen LogP contribution in [0.1, 0.15) is 59.3 Å². The molecular formula is C30H42O6Si. The summed E-state index contributed by atoms with van der Waals surface area (Å²) in [6.45, 7) is 7.35. The predicted molar refractivity (Wildman–Crippen MR) is 147 cm³/mol. The Bertz CT molecular complexity index is 968. The zero-order valence-electron chi connectivity index (χ0n) is 22.7. The molecule has 0 radical (unpaired) electrons. The van der Waals surface area contributed by atoms with Crippen LogP contribution >= 0.6 is 0 Å². The van der Waals surface area contributed by atoms with Crippen LogP contribution in [0.4, 0.5) is 0 Å². The highest BCUT2D eigenvalue weighted by Gasteiger charge is 2.53. The number of rotatable bonds is 10. The number of esters is 1. The number of fused-ring (bicyclic) bond motifs is 1.